The first-order chi connectivity index (χ1) is 16.2. The van der Waals surface area contributed by atoms with Crippen LogP contribution in [-0.4, -0.2) is 52.5 Å². The second kappa shape index (κ2) is 9.88. The van der Waals surface area contributed by atoms with Crippen molar-refractivity contribution in [2.75, 3.05) is 13.2 Å². The van der Waals surface area contributed by atoms with Gasteiger partial charge in [-0.2, -0.15) is 0 Å². The Morgan fingerprint density at radius 3 is 2.58 bits per heavy atom. The summed E-state index contributed by atoms with van der Waals surface area (Å²) in [7, 11) is 0. The predicted molar refractivity (Wildman–Crippen MR) is 129 cm³/mol. The number of carbonyl (C=O) groups is 2. The van der Waals surface area contributed by atoms with E-state index in [0.29, 0.717) is 13.0 Å². The van der Waals surface area contributed by atoms with Crippen LogP contribution in [0.4, 0.5) is 0 Å². The molecule has 1 aromatic carbocycles. The molecule has 1 aromatic heterocycles. The minimum Gasteiger partial charge on any atom is -0.376 e. The second-order valence-electron chi connectivity index (χ2n) is 10.2. The van der Waals surface area contributed by atoms with Crippen molar-refractivity contribution in [1.82, 2.24) is 15.2 Å². The van der Waals surface area contributed by atoms with Gasteiger partial charge in [0.25, 0.3) is 0 Å². The fourth-order valence-corrected chi connectivity index (χ4v) is 6.19. The van der Waals surface area contributed by atoms with Crippen LogP contribution in [0.5, 0.6) is 0 Å². The Kier molecular flexibility index (Phi) is 6.72. The number of H-pyrrole nitrogens is 1. The molecule has 1 aliphatic heterocycles. The van der Waals surface area contributed by atoms with E-state index in [4.69, 9.17) is 4.74 Å². The Morgan fingerprint density at radius 2 is 1.82 bits per heavy atom. The third-order valence-corrected chi connectivity index (χ3v) is 8.04. The molecule has 0 radical (unpaired) electrons. The summed E-state index contributed by atoms with van der Waals surface area (Å²) in [6.45, 7) is 1.26. The zero-order valence-electron chi connectivity index (χ0n) is 19.6. The zero-order chi connectivity index (χ0) is 22.7. The van der Waals surface area contributed by atoms with Crippen LogP contribution in [0.25, 0.3) is 10.9 Å². The summed E-state index contributed by atoms with van der Waals surface area (Å²) >= 11 is 0. The fraction of sp³-hybridized carbons (Fsp3) is 0.630. The monoisotopic (exact) mass is 451 g/mol. The highest BCUT2D eigenvalue weighted by molar-refractivity contribution is 5.94. The smallest absolute Gasteiger partial charge is 0.246 e. The summed E-state index contributed by atoms with van der Waals surface area (Å²) in [6, 6.07) is 8.35. The van der Waals surface area contributed by atoms with Gasteiger partial charge in [0, 0.05) is 36.3 Å². The summed E-state index contributed by atoms with van der Waals surface area (Å²) in [4.78, 5) is 33.1. The number of fused-ring (bicyclic) bond motifs is 1. The van der Waals surface area contributed by atoms with Crippen molar-refractivity contribution in [3.05, 3.63) is 36.0 Å². The summed E-state index contributed by atoms with van der Waals surface area (Å²) in [6.07, 6.45) is 13.3. The molecule has 2 amide bonds. The number of aromatic nitrogens is 1. The molecule has 2 heterocycles. The van der Waals surface area contributed by atoms with Crippen molar-refractivity contribution in [3.63, 3.8) is 0 Å². The van der Waals surface area contributed by atoms with Crippen LogP contribution in [0.2, 0.25) is 0 Å². The number of rotatable bonds is 7. The molecule has 33 heavy (non-hydrogen) atoms. The Labute approximate surface area is 196 Å². The lowest BCUT2D eigenvalue weighted by Crippen LogP contribution is -2.64. The van der Waals surface area contributed by atoms with Crippen molar-refractivity contribution >= 4 is 22.7 Å². The maximum absolute atomic E-state index is 14.0. The van der Waals surface area contributed by atoms with Gasteiger partial charge in [-0.25, -0.2) is 0 Å². The van der Waals surface area contributed by atoms with Crippen LogP contribution < -0.4 is 5.32 Å². The molecule has 2 aliphatic carbocycles. The highest BCUT2D eigenvalue weighted by Gasteiger charge is 2.48. The van der Waals surface area contributed by atoms with E-state index in [1.165, 1.54) is 12.8 Å². The fourth-order valence-electron chi connectivity index (χ4n) is 6.19. The number of benzene rings is 1. The quantitative estimate of drug-likeness (QED) is 0.652. The molecule has 1 saturated heterocycles. The highest BCUT2D eigenvalue weighted by atomic mass is 16.5. The maximum Gasteiger partial charge on any atom is 0.246 e. The second-order valence-corrected chi connectivity index (χ2v) is 10.2. The van der Waals surface area contributed by atoms with Crippen LogP contribution in [0.15, 0.2) is 30.5 Å². The molecule has 2 N–H and O–H groups in total. The largest absolute Gasteiger partial charge is 0.376 e. The number of nitrogens with one attached hydrogen (secondary N) is 2. The van der Waals surface area contributed by atoms with Gasteiger partial charge in [0.05, 0.1) is 12.5 Å². The van der Waals surface area contributed by atoms with E-state index < -0.39 is 5.54 Å². The van der Waals surface area contributed by atoms with Gasteiger partial charge in [-0.1, -0.05) is 50.3 Å². The lowest BCUT2D eigenvalue weighted by atomic mass is 9.78. The summed E-state index contributed by atoms with van der Waals surface area (Å²) in [5, 5.41) is 4.44. The van der Waals surface area contributed by atoms with E-state index in [-0.39, 0.29) is 24.0 Å². The van der Waals surface area contributed by atoms with Crippen molar-refractivity contribution in [3.8, 4) is 0 Å². The first-order valence-corrected chi connectivity index (χ1v) is 12.9. The van der Waals surface area contributed by atoms with Crippen LogP contribution in [0, 0.1) is 0 Å². The predicted octanol–water partition coefficient (Wildman–Crippen LogP) is 4.48. The Bertz CT molecular complexity index is 966. The molecule has 6 heteroatoms. The topological polar surface area (TPSA) is 74.4 Å². The van der Waals surface area contributed by atoms with Gasteiger partial charge in [0.2, 0.25) is 11.8 Å². The minimum atomic E-state index is -0.754. The average Bonchev–Trinajstić information content (AvgIpc) is 3.61. The van der Waals surface area contributed by atoms with Crippen LogP contribution >= 0.6 is 0 Å². The SMILES string of the molecule is O=C(Cc1c[nH]c2ccccc12)N(C[C@@H]1CCCO1)C1(C(=O)NC2CCCC2)CCCCC1. The summed E-state index contributed by atoms with van der Waals surface area (Å²) in [5.41, 5.74) is 1.28. The Hall–Kier alpha value is -2.34. The first kappa shape index (κ1) is 22.5. The van der Waals surface area contributed by atoms with Crippen LogP contribution in [0.3, 0.4) is 0 Å². The number of carbonyl (C=O) groups excluding carboxylic acids is 2. The third-order valence-electron chi connectivity index (χ3n) is 8.04. The van der Waals surface area contributed by atoms with Gasteiger partial charge in [-0.15, -0.1) is 0 Å². The zero-order valence-corrected chi connectivity index (χ0v) is 19.6. The van der Waals surface area contributed by atoms with Crippen LogP contribution in [0.1, 0.15) is 76.2 Å². The number of amides is 2. The molecular weight excluding hydrogens is 414 g/mol. The minimum absolute atomic E-state index is 0.0231. The first-order valence-electron chi connectivity index (χ1n) is 12.9. The number of hydrogen-bond donors (Lipinski definition) is 2. The highest BCUT2D eigenvalue weighted by Crippen LogP contribution is 2.36. The van der Waals surface area contributed by atoms with Gasteiger partial charge < -0.3 is 19.9 Å². The maximum atomic E-state index is 14.0. The number of nitrogens with zero attached hydrogens (tertiary/aromatic N) is 1. The molecule has 0 bridgehead atoms. The van der Waals surface area contributed by atoms with Crippen molar-refractivity contribution in [1.29, 1.82) is 0 Å². The Balaban J connectivity index is 1.44. The molecule has 3 fully saturated rings. The van der Waals surface area contributed by atoms with Crippen molar-refractivity contribution in [2.45, 2.75) is 94.7 Å². The van der Waals surface area contributed by atoms with E-state index in [2.05, 4.69) is 16.4 Å². The number of para-hydroxylation sites is 1. The van der Waals surface area contributed by atoms with E-state index in [0.717, 1.165) is 80.9 Å². The Morgan fingerprint density at radius 1 is 1.03 bits per heavy atom. The number of ether oxygens (including phenoxy) is 1. The normalized spacial score (nSPS) is 23.1. The molecular formula is C27H37N3O3. The molecule has 2 aromatic rings. The number of aromatic amines is 1. The summed E-state index contributed by atoms with van der Waals surface area (Å²) < 4.78 is 5.96. The van der Waals surface area contributed by atoms with E-state index in [1.54, 1.807) is 0 Å². The third kappa shape index (κ3) is 4.68. The standard InChI is InChI=1S/C27H37N3O3/c31-25(17-20-18-28-24-13-5-4-12-23(20)24)30(19-22-11-8-16-33-22)27(14-6-1-7-15-27)26(32)29-21-9-2-3-10-21/h4-5,12-13,18,21-22,28H,1-3,6-11,14-17,19H2,(H,29,32)/t22-/m0/s1. The van der Waals surface area contributed by atoms with E-state index in [9.17, 15) is 9.59 Å². The van der Waals surface area contributed by atoms with Gasteiger partial charge in [-0.05, 0) is 50.2 Å². The molecule has 6 nitrogen and oxygen atoms in total. The molecule has 178 valence electrons. The van der Waals surface area contributed by atoms with Crippen molar-refractivity contribution in [2.24, 2.45) is 0 Å². The lowest BCUT2D eigenvalue weighted by Gasteiger charge is -2.46. The van der Waals surface area contributed by atoms with Crippen LogP contribution in [-0.2, 0) is 20.7 Å². The van der Waals surface area contributed by atoms with E-state index in [1.807, 2.05) is 29.3 Å². The number of hydrogen-bond acceptors (Lipinski definition) is 3. The molecule has 3 aliphatic rings. The summed E-state index contributed by atoms with van der Waals surface area (Å²) in [5.74, 6) is 0.109. The average molecular weight is 452 g/mol. The van der Waals surface area contributed by atoms with E-state index >= 15 is 0 Å². The van der Waals surface area contributed by atoms with Gasteiger partial charge in [-0.3, -0.25) is 9.59 Å². The van der Waals surface area contributed by atoms with Gasteiger partial charge in [0.1, 0.15) is 5.54 Å². The van der Waals surface area contributed by atoms with Gasteiger partial charge in [0.15, 0.2) is 0 Å². The molecule has 0 unspecified atom stereocenters. The molecule has 5 rings (SSSR count). The molecule has 0 spiro atoms. The molecule has 2 saturated carbocycles. The molecule has 1 atom stereocenters. The lowest BCUT2D eigenvalue weighted by molar-refractivity contribution is -0.152. The van der Waals surface area contributed by atoms with Crippen molar-refractivity contribution < 1.29 is 14.3 Å². The van der Waals surface area contributed by atoms with Gasteiger partial charge >= 0.3 is 0 Å².